The van der Waals surface area contributed by atoms with Gasteiger partial charge in [-0.3, -0.25) is 4.79 Å². The zero-order valence-corrected chi connectivity index (χ0v) is 21.5. The number of aryl methyl sites for hydroxylation is 1. The van der Waals surface area contributed by atoms with E-state index >= 15 is 0 Å². The van der Waals surface area contributed by atoms with Crippen molar-refractivity contribution in [3.05, 3.63) is 29.6 Å². The molecule has 1 amide bonds. The molecule has 1 aliphatic heterocycles. The number of imidazole rings is 1. The SMILES string of the molecule is CCCCn1c(SCC(=O)Nc2ccc(OCC)c(S(=O)(=O)N3CCCC3)c2)nc(C)c1C. The van der Waals surface area contributed by atoms with Crippen LogP contribution in [-0.2, 0) is 21.4 Å². The van der Waals surface area contributed by atoms with Crippen LogP contribution in [0.5, 0.6) is 5.75 Å². The van der Waals surface area contributed by atoms with Gasteiger partial charge in [0.2, 0.25) is 15.9 Å². The summed E-state index contributed by atoms with van der Waals surface area (Å²) in [6.07, 6.45) is 3.84. The van der Waals surface area contributed by atoms with E-state index in [1.807, 2.05) is 20.8 Å². The number of benzene rings is 1. The fourth-order valence-electron chi connectivity index (χ4n) is 3.77. The molecule has 0 aliphatic carbocycles. The third-order valence-corrected chi connectivity index (χ3v) is 8.60. The molecule has 0 saturated carbocycles. The third-order valence-electron chi connectivity index (χ3n) is 5.70. The number of unbranched alkanes of at least 4 members (excludes halogenated alkanes) is 1. The maximum absolute atomic E-state index is 13.2. The summed E-state index contributed by atoms with van der Waals surface area (Å²) in [5.74, 6) is 0.276. The number of hydrogen-bond donors (Lipinski definition) is 1. The van der Waals surface area contributed by atoms with Crippen molar-refractivity contribution < 1.29 is 17.9 Å². The van der Waals surface area contributed by atoms with Crippen LogP contribution in [0.1, 0.15) is 50.9 Å². The summed E-state index contributed by atoms with van der Waals surface area (Å²) in [4.78, 5) is 17.4. The Balaban J connectivity index is 1.73. The van der Waals surface area contributed by atoms with E-state index in [-0.39, 0.29) is 16.6 Å². The zero-order valence-electron chi connectivity index (χ0n) is 19.9. The predicted octanol–water partition coefficient (Wildman–Crippen LogP) is 4.21. The highest BCUT2D eigenvalue weighted by Crippen LogP contribution is 2.32. The van der Waals surface area contributed by atoms with Crippen LogP contribution in [0.4, 0.5) is 5.69 Å². The molecule has 1 fully saturated rings. The molecule has 33 heavy (non-hydrogen) atoms. The van der Waals surface area contributed by atoms with Crippen LogP contribution in [0.25, 0.3) is 0 Å². The number of thioether (sulfide) groups is 1. The molecule has 0 atom stereocenters. The number of nitrogens with zero attached hydrogens (tertiary/aromatic N) is 3. The summed E-state index contributed by atoms with van der Waals surface area (Å²) in [5.41, 5.74) is 2.52. The van der Waals surface area contributed by atoms with Crippen molar-refractivity contribution in [2.75, 3.05) is 30.8 Å². The standard InChI is InChI=1S/C23H34N4O4S2/c1-5-7-14-27-18(4)17(3)24-23(27)32-16-22(28)25-19-10-11-20(31-6-2)21(15-19)33(29,30)26-12-8-9-13-26/h10-11,15H,5-9,12-14,16H2,1-4H3,(H,25,28). The van der Waals surface area contributed by atoms with Gasteiger partial charge >= 0.3 is 0 Å². The van der Waals surface area contributed by atoms with E-state index in [0.29, 0.717) is 31.1 Å². The van der Waals surface area contributed by atoms with Crippen molar-refractivity contribution in [1.82, 2.24) is 13.9 Å². The molecule has 0 radical (unpaired) electrons. The van der Waals surface area contributed by atoms with E-state index < -0.39 is 10.0 Å². The molecule has 1 aromatic carbocycles. The molecule has 8 nitrogen and oxygen atoms in total. The maximum atomic E-state index is 13.2. The van der Waals surface area contributed by atoms with E-state index in [2.05, 4.69) is 21.8 Å². The molecule has 1 aliphatic rings. The first-order valence-corrected chi connectivity index (χ1v) is 13.9. The Labute approximate surface area is 201 Å². The van der Waals surface area contributed by atoms with Gasteiger partial charge in [-0.05, 0) is 58.2 Å². The highest BCUT2D eigenvalue weighted by Gasteiger charge is 2.30. The number of rotatable bonds is 11. The molecule has 2 aromatic rings. The second-order valence-corrected chi connectivity index (χ2v) is 11.0. The summed E-state index contributed by atoms with van der Waals surface area (Å²) < 4.78 is 35.5. The number of ether oxygens (including phenoxy) is 1. The minimum atomic E-state index is -3.68. The normalized spacial score (nSPS) is 14.5. The number of sulfonamides is 1. The van der Waals surface area contributed by atoms with Gasteiger partial charge in [0.15, 0.2) is 5.16 Å². The van der Waals surface area contributed by atoms with Gasteiger partial charge in [-0.2, -0.15) is 4.31 Å². The molecule has 0 unspecified atom stereocenters. The van der Waals surface area contributed by atoms with Crippen molar-refractivity contribution in [3.63, 3.8) is 0 Å². The van der Waals surface area contributed by atoms with E-state index in [0.717, 1.165) is 48.8 Å². The number of hydrogen-bond acceptors (Lipinski definition) is 6. The summed E-state index contributed by atoms with van der Waals surface area (Å²) in [7, 11) is -3.68. The first-order chi connectivity index (χ1) is 15.8. The van der Waals surface area contributed by atoms with Crippen molar-refractivity contribution in [2.45, 2.75) is 70.0 Å². The van der Waals surface area contributed by atoms with Gasteiger partial charge in [0, 0.05) is 31.0 Å². The van der Waals surface area contributed by atoms with Gasteiger partial charge in [0.1, 0.15) is 10.6 Å². The van der Waals surface area contributed by atoms with Gasteiger partial charge in [0.05, 0.1) is 18.1 Å². The molecule has 1 N–H and O–H groups in total. The predicted molar refractivity (Wildman–Crippen MR) is 132 cm³/mol. The van der Waals surface area contributed by atoms with Crippen LogP contribution in [0.15, 0.2) is 28.3 Å². The lowest BCUT2D eigenvalue weighted by Gasteiger charge is -2.19. The van der Waals surface area contributed by atoms with Crippen molar-refractivity contribution in [3.8, 4) is 5.75 Å². The Morgan fingerprint density at radius 2 is 1.94 bits per heavy atom. The fraction of sp³-hybridized carbons (Fsp3) is 0.565. The lowest BCUT2D eigenvalue weighted by atomic mass is 10.3. The number of carbonyl (C=O) groups is 1. The Kier molecular flexibility index (Phi) is 8.83. The monoisotopic (exact) mass is 494 g/mol. The van der Waals surface area contributed by atoms with Gasteiger partial charge in [-0.1, -0.05) is 25.1 Å². The van der Waals surface area contributed by atoms with Crippen LogP contribution < -0.4 is 10.1 Å². The minimum absolute atomic E-state index is 0.0954. The summed E-state index contributed by atoms with van der Waals surface area (Å²) in [6, 6.07) is 4.78. The maximum Gasteiger partial charge on any atom is 0.246 e. The first-order valence-electron chi connectivity index (χ1n) is 11.5. The molecular weight excluding hydrogens is 460 g/mol. The quantitative estimate of drug-likeness (QED) is 0.470. The highest BCUT2D eigenvalue weighted by atomic mass is 32.2. The largest absolute Gasteiger partial charge is 0.492 e. The molecular formula is C23H34N4O4S2. The number of anilines is 1. The minimum Gasteiger partial charge on any atom is -0.492 e. The van der Waals surface area contributed by atoms with Gasteiger partial charge < -0.3 is 14.6 Å². The van der Waals surface area contributed by atoms with Gasteiger partial charge in [0.25, 0.3) is 0 Å². The van der Waals surface area contributed by atoms with E-state index in [1.165, 1.54) is 22.1 Å². The van der Waals surface area contributed by atoms with Crippen LogP contribution in [0.2, 0.25) is 0 Å². The van der Waals surface area contributed by atoms with E-state index in [9.17, 15) is 13.2 Å². The molecule has 1 saturated heterocycles. The van der Waals surface area contributed by atoms with Crippen molar-refractivity contribution in [2.24, 2.45) is 0 Å². The van der Waals surface area contributed by atoms with Gasteiger partial charge in [-0.25, -0.2) is 13.4 Å². The molecule has 182 valence electrons. The third kappa shape index (κ3) is 6.10. The summed E-state index contributed by atoms with van der Waals surface area (Å²) in [5, 5.41) is 3.66. The summed E-state index contributed by atoms with van der Waals surface area (Å²) in [6.45, 7) is 10.2. The topological polar surface area (TPSA) is 93.5 Å². The molecule has 2 heterocycles. The van der Waals surface area contributed by atoms with E-state index in [4.69, 9.17) is 4.74 Å². The molecule has 10 heteroatoms. The highest BCUT2D eigenvalue weighted by molar-refractivity contribution is 7.99. The average Bonchev–Trinajstić information content (AvgIpc) is 3.42. The lowest BCUT2D eigenvalue weighted by molar-refractivity contribution is -0.113. The number of amides is 1. The lowest BCUT2D eigenvalue weighted by Crippen LogP contribution is -2.28. The smallest absolute Gasteiger partial charge is 0.246 e. The Hall–Kier alpha value is -2.04. The van der Waals surface area contributed by atoms with Crippen LogP contribution in [0.3, 0.4) is 0 Å². The van der Waals surface area contributed by atoms with Crippen LogP contribution >= 0.6 is 11.8 Å². The van der Waals surface area contributed by atoms with Crippen LogP contribution in [0, 0.1) is 13.8 Å². The number of aromatic nitrogens is 2. The second kappa shape index (κ2) is 11.4. The Morgan fingerprint density at radius 1 is 1.21 bits per heavy atom. The molecule has 0 bridgehead atoms. The number of nitrogens with one attached hydrogen (secondary N) is 1. The van der Waals surface area contributed by atoms with Gasteiger partial charge in [-0.15, -0.1) is 0 Å². The van der Waals surface area contributed by atoms with Crippen LogP contribution in [-0.4, -0.2) is 53.6 Å². The first kappa shape index (κ1) is 25.6. The molecule has 3 rings (SSSR count). The average molecular weight is 495 g/mol. The van der Waals surface area contributed by atoms with Crippen molar-refractivity contribution in [1.29, 1.82) is 0 Å². The Morgan fingerprint density at radius 3 is 2.61 bits per heavy atom. The van der Waals surface area contributed by atoms with E-state index in [1.54, 1.807) is 12.1 Å². The Bertz CT molecular complexity index is 1080. The number of carbonyl (C=O) groups excluding carboxylic acids is 1. The van der Waals surface area contributed by atoms with Crippen molar-refractivity contribution >= 4 is 33.4 Å². The molecule has 0 spiro atoms. The zero-order chi connectivity index (χ0) is 24.0. The fourth-order valence-corrected chi connectivity index (χ4v) is 6.36. The molecule has 1 aromatic heterocycles. The second-order valence-electron chi connectivity index (χ2n) is 8.11. The summed E-state index contributed by atoms with van der Waals surface area (Å²) >= 11 is 1.39.